The maximum atomic E-state index is 12.1. The number of methoxy groups -OCH3 is 1. The molecule has 0 radical (unpaired) electrons. The molecule has 1 fully saturated rings. The number of nitrogens with two attached hydrogens (primary N) is 1. The predicted octanol–water partition coefficient (Wildman–Crippen LogP) is 0.806. The average molecular weight is 276 g/mol. The Balaban J connectivity index is 1.78. The van der Waals surface area contributed by atoms with Crippen molar-refractivity contribution >= 4 is 5.91 Å². The zero-order chi connectivity index (χ0) is 14.1. The maximum Gasteiger partial charge on any atom is 0.223 e. The summed E-state index contributed by atoms with van der Waals surface area (Å²) >= 11 is 0. The molecule has 5 heteroatoms. The zero-order valence-electron chi connectivity index (χ0n) is 11.7. The van der Waals surface area contributed by atoms with Gasteiger partial charge in [-0.05, 0) is 24.9 Å². The van der Waals surface area contributed by atoms with Gasteiger partial charge < -0.3 is 20.1 Å². The molecule has 1 aromatic carbocycles. The largest absolute Gasteiger partial charge is 0.493 e. The number of carbonyl (C=O) groups is 1. The normalized spacial score (nSPS) is 25.3. The fraction of sp³-hybridized carbons (Fsp3) is 0.533. The van der Waals surface area contributed by atoms with Gasteiger partial charge in [0.2, 0.25) is 5.91 Å². The fourth-order valence-electron chi connectivity index (χ4n) is 3.06. The molecule has 0 bridgehead atoms. The van der Waals surface area contributed by atoms with E-state index in [2.05, 4.69) is 0 Å². The molecule has 2 aliphatic rings. The van der Waals surface area contributed by atoms with E-state index in [1.54, 1.807) is 7.11 Å². The summed E-state index contributed by atoms with van der Waals surface area (Å²) in [5, 5.41) is 0. The van der Waals surface area contributed by atoms with Crippen molar-refractivity contribution in [3.05, 3.63) is 23.8 Å². The zero-order valence-corrected chi connectivity index (χ0v) is 11.7. The summed E-state index contributed by atoms with van der Waals surface area (Å²) in [5.41, 5.74) is 6.78. The number of likely N-dealkylation sites (tertiary alicyclic amines) is 1. The number of rotatable bonds is 3. The molecule has 2 atom stereocenters. The first-order valence-electron chi connectivity index (χ1n) is 7.01. The van der Waals surface area contributed by atoms with Gasteiger partial charge in [0.15, 0.2) is 11.5 Å². The second kappa shape index (κ2) is 5.32. The van der Waals surface area contributed by atoms with Gasteiger partial charge in [-0.25, -0.2) is 0 Å². The van der Waals surface area contributed by atoms with E-state index in [9.17, 15) is 4.79 Å². The minimum absolute atomic E-state index is 0.110. The summed E-state index contributed by atoms with van der Waals surface area (Å²) in [6.45, 7) is 1.85. The molecule has 2 heterocycles. The first-order chi connectivity index (χ1) is 9.72. The number of ether oxygens (including phenoxy) is 2. The van der Waals surface area contributed by atoms with Gasteiger partial charge in [0.1, 0.15) is 6.61 Å². The highest BCUT2D eigenvalue weighted by Crippen LogP contribution is 2.36. The van der Waals surface area contributed by atoms with Crippen molar-refractivity contribution in [3.8, 4) is 11.5 Å². The van der Waals surface area contributed by atoms with Gasteiger partial charge in [-0.2, -0.15) is 0 Å². The Bertz CT molecular complexity index is 518. The Hall–Kier alpha value is -1.75. The number of benzene rings is 1. The lowest BCUT2D eigenvalue weighted by atomic mass is 10.0. The van der Waals surface area contributed by atoms with Crippen LogP contribution in [-0.2, 0) is 11.2 Å². The number of hydrogen-bond acceptors (Lipinski definition) is 4. The van der Waals surface area contributed by atoms with Crippen molar-refractivity contribution in [1.82, 2.24) is 4.90 Å². The van der Waals surface area contributed by atoms with Crippen LogP contribution in [0.3, 0.4) is 0 Å². The van der Waals surface area contributed by atoms with Crippen LogP contribution in [-0.4, -0.2) is 43.7 Å². The summed E-state index contributed by atoms with van der Waals surface area (Å²) in [7, 11) is 1.64. The highest BCUT2D eigenvalue weighted by Gasteiger charge is 2.36. The molecular weight excluding hydrogens is 256 g/mol. The number of hydrogen-bond donors (Lipinski definition) is 1. The van der Waals surface area contributed by atoms with Crippen molar-refractivity contribution in [2.24, 2.45) is 11.7 Å². The minimum atomic E-state index is 0.110. The van der Waals surface area contributed by atoms with E-state index >= 15 is 0 Å². The summed E-state index contributed by atoms with van der Waals surface area (Å²) in [4.78, 5) is 14.0. The van der Waals surface area contributed by atoms with Crippen LogP contribution in [0.25, 0.3) is 0 Å². The summed E-state index contributed by atoms with van der Waals surface area (Å²) in [6.07, 6.45) is 1.38. The van der Waals surface area contributed by atoms with Gasteiger partial charge in [0.05, 0.1) is 13.2 Å². The van der Waals surface area contributed by atoms with E-state index in [1.165, 1.54) is 0 Å². The monoisotopic (exact) mass is 276 g/mol. The molecule has 5 nitrogen and oxygen atoms in total. The number of fused-ring (bicyclic) bond motifs is 1. The van der Waals surface area contributed by atoms with Crippen LogP contribution < -0.4 is 15.2 Å². The van der Waals surface area contributed by atoms with E-state index in [0.29, 0.717) is 19.6 Å². The Kier molecular flexibility index (Phi) is 3.53. The SMILES string of the molecule is COc1cccc2c1OCC(N1CC(CN)CC1=O)C2. The number of nitrogens with zero attached hydrogens (tertiary/aromatic N) is 1. The topological polar surface area (TPSA) is 64.8 Å². The lowest BCUT2D eigenvalue weighted by molar-refractivity contribution is -0.130. The van der Waals surface area contributed by atoms with Gasteiger partial charge in [0, 0.05) is 18.5 Å². The van der Waals surface area contributed by atoms with Crippen molar-refractivity contribution in [1.29, 1.82) is 0 Å². The van der Waals surface area contributed by atoms with Crippen molar-refractivity contribution in [2.75, 3.05) is 26.8 Å². The maximum absolute atomic E-state index is 12.1. The Labute approximate surface area is 118 Å². The molecule has 1 amide bonds. The second-order valence-electron chi connectivity index (χ2n) is 5.47. The number of para-hydroxylation sites is 1. The van der Waals surface area contributed by atoms with E-state index in [0.717, 1.165) is 30.0 Å². The van der Waals surface area contributed by atoms with Crippen LogP contribution in [0.4, 0.5) is 0 Å². The van der Waals surface area contributed by atoms with Gasteiger partial charge in [-0.3, -0.25) is 4.79 Å². The van der Waals surface area contributed by atoms with Crippen molar-refractivity contribution in [3.63, 3.8) is 0 Å². The highest BCUT2D eigenvalue weighted by molar-refractivity contribution is 5.79. The first kappa shape index (κ1) is 13.2. The van der Waals surface area contributed by atoms with Crippen LogP contribution >= 0.6 is 0 Å². The molecular formula is C15H20N2O3. The summed E-state index contributed by atoms with van der Waals surface area (Å²) in [5.74, 6) is 2.05. The van der Waals surface area contributed by atoms with Crippen LogP contribution in [0.15, 0.2) is 18.2 Å². The minimum Gasteiger partial charge on any atom is -0.493 e. The third-order valence-corrected chi connectivity index (χ3v) is 4.17. The van der Waals surface area contributed by atoms with Crippen molar-refractivity contribution < 1.29 is 14.3 Å². The third kappa shape index (κ3) is 2.22. The van der Waals surface area contributed by atoms with E-state index < -0.39 is 0 Å². The van der Waals surface area contributed by atoms with Crippen LogP contribution in [0.5, 0.6) is 11.5 Å². The Morgan fingerprint density at radius 3 is 3.00 bits per heavy atom. The Morgan fingerprint density at radius 1 is 1.45 bits per heavy atom. The second-order valence-corrected chi connectivity index (χ2v) is 5.47. The number of carbonyl (C=O) groups excluding carboxylic acids is 1. The first-order valence-corrected chi connectivity index (χ1v) is 7.01. The summed E-state index contributed by atoms with van der Waals surface area (Å²) < 4.78 is 11.1. The standard InChI is InChI=1S/C15H20N2O3/c1-19-13-4-2-3-11-6-12(9-20-15(11)13)17-8-10(7-16)5-14(17)18/h2-4,10,12H,5-9,16H2,1H3. The van der Waals surface area contributed by atoms with Crippen molar-refractivity contribution in [2.45, 2.75) is 18.9 Å². The lowest BCUT2D eigenvalue weighted by Crippen LogP contribution is -2.44. The van der Waals surface area contributed by atoms with Gasteiger partial charge in [0.25, 0.3) is 0 Å². The van der Waals surface area contributed by atoms with E-state index in [-0.39, 0.29) is 17.9 Å². The molecule has 1 saturated heterocycles. The van der Waals surface area contributed by atoms with Crippen LogP contribution in [0.2, 0.25) is 0 Å². The molecule has 2 N–H and O–H groups in total. The Morgan fingerprint density at radius 2 is 2.30 bits per heavy atom. The lowest BCUT2D eigenvalue weighted by Gasteiger charge is -2.33. The highest BCUT2D eigenvalue weighted by atomic mass is 16.5. The third-order valence-electron chi connectivity index (χ3n) is 4.17. The molecule has 0 aliphatic carbocycles. The molecule has 3 rings (SSSR count). The number of amides is 1. The molecule has 0 saturated carbocycles. The predicted molar refractivity (Wildman–Crippen MR) is 74.9 cm³/mol. The molecule has 0 spiro atoms. The smallest absolute Gasteiger partial charge is 0.223 e. The van der Waals surface area contributed by atoms with E-state index in [1.807, 2.05) is 23.1 Å². The fourth-order valence-corrected chi connectivity index (χ4v) is 3.06. The van der Waals surface area contributed by atoms with E-state index in [4.69, 9.17) is 15.2 Å². The molecule has 0 aromatic heterocycles. The molecule has 108 valence electrons. The molecule has 1 aromatic rings. The molecule has 2 unspecified atom stereocenters. The molecule has 2 aliphatic heterocycles. The van der Waals surface area contributed by atoms with Gasteiger partial charge >= 0.3 is 0 Å². The molecule has 20 heavy (non-hydrogen) atoms. The van der Waals surface area contributed by atoms with Crippen LogP contribution in [0.1, 0.15) is 12.0 Å². The van der Waals surface area contributed by atoms with Crippen LogP contribution in [0, 0.1) is 5.92 Å². The quantitative estimate of drug-likeness (QED) is 0.887. The summed E-state index contributed by atoms with van der Waals surface area (Å²) in [6, 6.07) is 5.99. The van der Waals surface area contributed by atoms with Gasteiger partial charge in [-0.15, -0.1) is 0 Å². The average Bonchev–Trinajstić information content (AvgIpc) is 2.87. The van der Waals surface area contributed by atoms with Gasteiger partial charge in [-0.1, -0.05) is 12.1 Å².